The number of hydrogen-bond donors (Lipinski definition) is 3. The van der Waals surface area contributed by atoms with Crippen LogP contribution in [0.2, 0.25) is 0 Å². The van der Waals surface area contributed by atoms with E-state index in [0.29, 0.717) is 0 Å². The van der Waals surface area contributed by atoms with E-state index >= 15 is 0 Å². The van der Waals surface area contributed by atoms with Crippen molar-refractivity contribution in [3.05, 3.63) is 0 Å². The third kappa shape index (κ3) is 1.95. The van der Waals surface area contributed by atoms with Crippen molar-refractivity contribution in [2.75, 3.05) is 6.61 Å². The predicted octanol–water partition coefficient (Wildman–Crippen LogP) is 0.794. The zero-order valence-corrected chi connectivity index (χ0v) is 8.71. The molecule has 2 saturated carbocycles. The summed E-state index contributed by atoms with van der Waals surface area (Å²) in [6, 6.07) is 0.222. The van der Waals surface area contributed by atoms with Crippen LogP contribution < -0.4 is 5.32 Å². The zero-order chi connectivity index (χ0) is 10.0. The minimum Gasteiger partial charge on any atom is -0.394 e. The molecular weight excluding hydrogens is 178 g/mol. The van der Waals surface area contributed by atoms with Gasteiger partial charge in [0.05, 0.1) is 12.7 Å². The van der Waals surface area contributed by atoms with Gasteiger partial charge in [-0.05, 0) is 32.1 Å². The Labute approximate surface area is 85.5 Å². The van der Waals surface area contributed by atoms with Gasteiger partial charge in [0, 0.05) is 11.6 Å². The molecule has 0 aromatic carbocycles. The Balaban J connectivity index is 1.93. The first-order valence-electron chi connectivity index (χ1n) is 5.82. The summed E-state index contributed by atoms with van der Waals surface area (Å²) in [4.78, 5) is 0. The molecule has 3 heteroatoms. The Hall–Kier alpha value is -0.120. The van der Waals surface area contributed by atoms with Crippen LogP contribution in [0.25, 0.3) is 0 Å². The Kier molecular flexibility index (Phi) is 3.10. The second-order valence-electron chi connectivity index (χ2n) is 4.89. The van der Waals surface area contributed by atoms with E-state index in [1.807, 2.05) is 0 Å². The molecule has 2 atom stereocenters. The Bertz CT molecular complexity index is 190. The summed E-state index contributed by atoms with van der Waals surface area (Å²) in [5, 5.41) is 22.6. The van der Waals surface area contributed by atoms with Gasteiger partial charge in [-0.3, -0.25) is 0 Å². The molecule has 2 rings (SSSR count). The highest BCUT2D eigenvalue weighted by atomic mass is 16.3. The molecule has 0 heterocycles. The summed E-state index contributed by atoms with van der Waals surface area (Å²) in [5.74, 6) is 0. The number of aliphatic hydroxyl groups excluding tert-OH is 2. The lowest BCUT2D eigenvalue weighted by Gasteiger charge is -2.33. The van der Waals surface area contributed by atoms with Gasteiger partial charge in [-0.2, -0.15) is 0 Å². The van der Waals surface area contributed by atoms with Crippen LogP contribution in [0.5, 0.6) is 0 Å². The fourth-order valence-electron chi connectivity index (χ4n) is 2.90. The van der Waals surface area contributed by atoms with Crippen LogP contribution in [0.1, 0.15) is 44.9 Å². The predicted molar refractivity (Wildman–Crippen MR) is 55.1 cm³/mol. The number of rotatable bonds is 3. The lowest BCUT2D eigenvalue weighted by atomic mass is 9.96. The van der Waals surface area contributed by atoms with Gasteiger partial charge in [0.25, 0.3) is 0 Å². The van der Waals surface area contributed by atoms with Crippen LogP contribution >= 0.6 is 0 Å². The van der Waals surface area contributed by atoms with Gasteiger partial charge in [-0.25, -0.2) is 0 Å². The lowest BCUT2D eigenvalue weighted by molar-refractivity contribution is 0.0978. The highest BCUT2D eigenvalue weighted by Gasteiger charge is 2.37. The molecule has 2 unspecified atom stereocenters. The van der Waals surface area contributed by atoms with Gasteiger partial charge >= 0.3 is 0 Å². The van der Waals surface area contributed by atoms with Gasteiger partial charge in [0.2, 0.25) is 0 Å². The molecule has 0 bridgehead atoms. The molecule has 82 valence electrons. The largest absolute Gasteiger partial charge is 0.394 e. The average Bonchev–Trinajstić information content (AvgIpc) is 2.79. The quantitative estimate of drug-likeness (QED) is 0.630. The summed E-state index contributed by atoms with van der Waals surface area (Å²) in [7, 11) is 0. The van der Waals surface area contributed by atoms with Crippen LogP contribution in [0.4, 0.5) is 0 Å². The van der Waals surface area contributed by atoms with E-state index in [1.54, 1.807) is 0 Å². The van der Waals surface area contributed by atoms with Crippen molar-refractivity contribution in [1.29, 1.82) is 0 Å². The monoisotopic (exact) mass is 199 g/mol. The van der Waals surface area contributed by atoms with Crippen LogP contribution in [0, 0.1) is 0 Å². The third-order valence-corrected chi connectivity index (χ3v) is 3.83. The van der Waals surface area contributed by atoms with E-state index in [-0.39, 0.29) is 24.3 Å². The molecule has 2 aliphatic carbocycles. The summed E-state index contributed by atoms with van der Waals surface area (Å²) in [5.41, 5.74) is -0.0734. The summed E-state index contributed by atoms with van der Waals surface area (Å²) < 4.78 is 0. The minimum absolute atomic E-state index is 0.0734. The van der Waals surface area contributed by atoms with E-state index < -0.39 is 0 Å². The maximum absolute atomic E-state index is 9.72. The smallest absolute Gasteiger partial charge is 0.0693 e. The van der Waals surface area contributed by atoms with Crippen LogP contribution in [-0.4, -0.2) is 34.5 Å². The van der Waals surface area contributed by atoms with Gasteiger partial charge < -0.3 is 15.5 Å². The fraction of sp³-hybridized carbons (Fsp3) is 1.00. The second kappa shape index (κ2) is 4.17. The molecule has 3 nitrogen and oxygen atoms in total. The third-order valence-electron chi connectivity index (χ3n) is 3.83. The minimum atomic E-state index is -0.195. The maximum Gasteiger partial charge on any atom is 0.0693 e. The van der Waals surface area contributed by atoms with E-state index in [1.165, 1.54) is 12.8 Å². The van der Waals surface area contributed by atoms with E-state index in [4.69, 9.17) is 0 Å². The lowest BCUT2D eigenvalue weighted by Crippen LogP contribution is -2.53. The molecule has 2 fully saturated rings. The molecule has 0 aromatic heterocycles. The molecular formula is C11H21NO2. The van der Waals surface area contributed by atoms with Gasteiger partial charge in [-0.1, -0.05) is 12.8 Å². The molecule has 0 spiro atoms. The highest BCUT2D eigenvalue weighted by Crippen LogP contribution is 2.32. The molecule has 0 amide bonds. The van der Waals surface area contributed by atoms with Crippen molar-refractivity contribution in [3.63, 3.8) is 0 Å². The fourth-order valence-corrected chi connectivity index (χ4v) is 2.90. The Morgan fingerprint density at radius 3 is 2.36 bits per heavy atom. The van der Waals surface area contributed by atoms with Gasteiger partial charge in [0.1, 0.15) is 0 Å². The molecule has 0 saturated heterocycles. The van der Waals surface area contributed by atoms with Crippen LogP contribution in [-0.2, 0) is 0 Å². The number of hydrogen-bond acceptors (Lipinski definition) is 3. The molecule has 2 aliphatic rings. The van der Waals surface area contributed by atoms with Crippen LogP contribution in [0.15, 0.2) is 0 Å². The summed E-state index contributed by atoms with van der Waals surface area (Å²) in [6.45, 7) is 0.218. The normalized spacial score (nSPS) is 36.4. The van der Waals surface area contributed by atoms with Crippen molar-refractivity contribution in [3.8, 4) is 0 Å². The number of nitrogens with one attached hydrogen (secondary N) is 1. The van der Waals surface area contributed by atoms with E-state index in [0.717, 1.165) is 32.1 Å². The van der Waals surface area contributed by atoms with Crippen LogP contribution in [0.3, 0.4) is 0 Å². The summed E-state index contributed by atoms with van der Waals surface area (Å²) in [6.07, 6.45) is 7.42. The standard InChI is InChI=1S/C11H21NO2/c13-8-11(6-1-2-7-11)12-9-4-3-5-10(9)14/h9-10,12-14H,1-8H2. The van der Waals surface area contributed by atoms with Gasteiger partial charge in [-0.15, -0.1) is 0 Å². The van der Waals surface area contributed by atoms with E-state index in [9.17, 15) is 10.2 Å². The van der Waals surface area contributed by atoms with E-state index in [2.05, 4.69) is 5.32 Å². The maximum atomic E-state index is 9.72. The first-order chi connectivity index (χ1) is 6.76. The first kappa shape index (κ1) is 10.4. The topological polar surface area (TPSA) is 52.5 Å². The number of aliphatic hydroxyl groups is 2. The molecule has 0 aliphatic heterocycles. The highest BCUT2D eigenvalue weighted by molar-refractivity contribution is 4.97. The second-order valence-corrected chi connectivity index (χ2v) is 4.89. The van der Waals surface area contributed by atoms with Crippen molar-refractivity contribution in [2.45, 2.75) is 62.6 Å². The average molecular weight is 199 g/mol. The van der Waals surface area contributed by atoms with Crippen molar-refractivity contribution in [2.24, 2.45) is 0 Å². The van der Waals surface area contributed by atoms with Gasteiger partial charge in [0.15, 0.2) is 0 Å². The zero-order valence-electron chi connectivity index (χ0n) is 8.71. The Morgan fingerprint density at radius 1 is 1.14 bits per heavy atom. The molecule has 14 heavy (non-hydrogen) atoms. The Morgan fingerprint density at radius 2 is 1.86 bits per heavy atom. The van der Waals surface area contributed by atoms with Crippen molar-refractivity contribution in [1.82, 2.24) is 5.32 Å². The van der Waals surface area contributed by atoms with Crippen molar-refractivity contribution >= 4 is 0 Å². The molecule has 3 N–H and O–H groups in total. The molecule has 0 aromatic rings. The SMILES string of the molecule is OCC1(NC2CCCC2O)CCCC1. The first-order valence-corrected chi connectivity index (χ1v) is 5.82. The molecule has 0 radical (unpaired) electrons. The summed E-state index contributed by atoms with van der Waals surface area (Å²) >= 11 is 0. The van der Waals surface area contributed by atoms with Crippen molar-refractivity contribution < 1.29 is 10.2 Å².